The fourth-order valence-electron chi connectivity index (χ4n) is 1.44. The van der Waals surface area contributed by atoms with E-state index in [4.69, 9.17) is 6.42 Å². The molecule has 0 radical (unpaired) electrons. The number of terminal acetylenes is 1. The van der Waals surface area contributed by atoms with Gasteiger partial charge in [-0.1, -0.05) is 5.92 Å². The number of nitrogens with zero attached hydrogens (tertiary/aromatic N) is 3. The molecule has 0 aliphatic carbocycles. The second-order valence-corrected chi connectivity index (χ2v) is 3.86. The number of nitro benzene ring substituents is 1. The molecule has 0 spiro atoms. The van der Waals surface area contributed by atoms with E-state index >= 15 is 0 Å². The number of hydrogen-bond acceptors (Lipinski definition) is 3. The fraction of sp³-hybridized carbons (Fsp3) is 0.100. The molecule has 6 heteroatoms. The lowest BCUT2D eigenvalue weighted by Gasteiger charge is -1.96. The molecule has 0 saturated heterocycles. The maximum Gasteiger partial charge on any atom is 0.271 e. The molecule has 0 aliphatic rings. The molecule has 1 heterocycles. The predicted molar refractivity (Wildman–Crippen MR) is 62.9 cm³/mol. The topological polar surface area (TPSA) is 61.0 Å². The van der Waals surface area contributed by atoms with Gasteiger partial charge in [0.1, 0.15) is 11.1 Å². The highest BCUT2D eigenvalue weighted by Crippen LogP contribution is 2.26. The van der Waals surface area contributed by atoms with Crippen LogP contribution in [0.2, 0.25) is 0 Å². The van der Waals surface area contributed by atoms with Crippen molar-refractivity contribution < 1.29 is 4.92 Å². The molecule has 0 saturated carbocycles. The van der Waals surface area contributed by atoms with Crippen molar-refractivity contribution in [3.8, 4) is 12.3 Å². The van der Waals surface area contributed by atoms with E-state index in [9.17, 15) is 10.1 Å². The number of aromatic nitrogens is 2. The molecular formula is C10H6BrN3O2. The summed E-state index contributed by atoms with van der Waals surface area (Å²) < 4.78 is 2.18. The Kier molecular flexibility index (Phi) is 2.62. The SMILES string of the molecule is C#CCn1nc(Br)c2ccc([N+](=O)[O-])cc21. The van der Waals surface area contributed by atoms with E-state index in [1.165, 1.54) is 12.1 Å². The third-order valence-corrected chi connectivity index (χ3v) is 2.73. The minimum Gasteiger partial charge on any atom is -0.258 e. The molecule has 1 aromatic heterocycles. The van der Waals surface area contributed by atoms with Gasteiger partial charge in [-0.25, -0.2) is 0 Å². The molecule has 2 aromatic rings. The molecule has 0 fully saturated rings. The minimum atomic E-state index is -0.444. The van der Waals surface area contributed by atoms with Crippen molar-refractivity contribution in [3.63, 3.8) is 0 Å². The van der Waals surface area contributed by atoms with Crippen molar-refractivity contribution in [1.82, 2.24) is 9.78 Å². The van der Waals surface area contributed by atoms with Gasteiger partial charge in [0.2, 0.25) is 0 Å². The number of nitro groups is 1. The molecule has 0 atom stereocenters. The van der Waals surface area contributed by atoms with Crippen LogP contribution in [0.4, 0.5) is 5.69 Å². The molecule has 0 unspecified atom stereocenters. The molecular weight excluding hydrogens is 274 g/mol. The lowest BCUT2D eigenvalue weighted by molar-refractivity contribution is -0.384. The first kappa shape index (κ1) is 10.6. The third-order valence-electron chi connectivity index (χ3n) is 2.14. The molecule has 0 amide bonds. The average molecular weight is 280 g/mol. The largest absolute Gasteiger partial charge is 0.271 e. The molecule has 1 aromatic carbocycles. The molecule has 5 nitrogen and oxygen atoms in total. The van der Waals surface area contributed by atoms with Crippen LogP contribution in [0.15, 0.2) is 22.8 Å². The lowest BCUT2D eigenvalue weighted by Crippen LogP contribution is -1.97. The summed E-state index contributed by atoms with van der Waals surface area (Å²) in [6, 6.07) is 4.55. The highest BCUT2D eigenvalue weighted by atomic mass is 79.9. The number of halogens is 1. The third kappa shape index (κ3) is 1.66. The molecule has 16 heavy (non-hydrogen) atoms. The van der Waals surface area contributed by atoms with E-state index in [2.05, 4.69) is 26.9 Å². The van der Waals surface area contributed by atoms with E-state index in [-0.39, 0.29) is 12.2 Å². The van der Waals surface area contributed by atoms with Crippen LogP contribution in [0, 0.1) is 22.5 Å². The number of fused-ring (bicyclic) bond motifs is 1. The maximum atomic E-state index is 10.6. The van der Waals surface area contributed by atoms with Crippen LogP contribution in [0.25, 0.3) is 10.9 Å². The van der Waals surface area contributed by atoms with Gasteiger partial charge >= 0.3 is 0 Å². The summed E-state index contributed by atoms with van der Waals surface area (Å²) in [7, 11) is 0. The van der Waals surface area contributed by atoms with Gasteiger partial charge in [0.25, 0.3) is 5.69 Å². The normalized spacial score (nSPS) is 10.2. The summed E-state index contributed by atoms with van der Waals surface area (Å²) in [5.41, 5.74) is 0.678. The van der Waals surface area contributed by atoms with E-state index in [0.717, 1.165) is 5.39 Å². The number of rotatable bonds is 2. The standard InChI is InChI=1S/C10H6BrN3O2/c1-2-5-13-9-6-7(14(15)16)3-4-8(9)10(11)12-13/h1,3-4,6H,5H2. The van der Waals surface area contributed by atoms with Crippen LogP contribution in [0.3, 0.4) is 0 Å². The van der Waals surface area contributed by atoms with Gasteiger partial charge in [0, 0.05) is 17.5 Å². The van der Waals surface area contributed by atoms with Crippen LogP contribution >= 0.6 is 15.9 Å². The molecule has 0 aliphatic heterocycles. The summed E-state index contributed by atoms with van der Waals surface area (Å²) in [5, 5.41) is 15.6. The maximum absolute atomic E-state index is 10.6. The Morgan fingerprint density at radius 3 is 3.00 bits per heavy atom. The lowest BCUT2D eigenvalue weighted by atomic mass is 10.2. The van der Waals surface area contributed by atoms with Gasteiger partial charge in [-0.2, -0.15) is 5.10 Å². The summed E-state index contributed by atoms with van der Waals surface area (Å²) >= 11 is 3.28. The fourth-order valence-corrected chi connectivity index (χ4v) is 1.97. The van der Waals surface area contributed by atoms with Crippen LogP contribution in [-0.4, -0.2) is 14.7 Å². The molecule has 80 valence electrons. The average Bonchev–Trinajstić information content (AvgIpc) is 2.56. The smallest absolute Gasteiger partial charge is 0.258 e. The van der Waals surface area contributed by atoms with Gasteiger partial charge in [-0.05, 0) is 22.0 Å². The van der Waals surface area contributed by atoms with E-state index in [0.29, 0.717) is 10.1 Å². The van der Waals surface area contributed by atoms with Crippen molar-refractivity contribution in [2.24, 2.45) is 0 Å². The predicted octanol–water partition coefficient (Wildman–Crippen LogP) is 2.34. The Hall–Kier alpha value is -1.87. The summed E-state index contributed by atoms with van der Waals surface area (Å²) in [6.07, 6.45) is 5.20. The van der Waals surface area contributed by atoms with Crippen molar-refractivity contribution in [2.75, 3.05) is 0 Å². The first-order valence-electron chi connectivity index (χ1n) is 4.37. The van der Waals surface area contributed by atoms with Crippen molar-refractivity contribution >= 4 is 32.5 Å². The quantitative estimate of drug-likeness (QED) is 0.482. The van der Waals surface area contributed by atoms with E-state index < -0.39 is 4.92 Å². The molecule has 0 N–H and O–H groups in total. The number of benzene rings is 1. The first-order valence-corrected chi connectivity index (χ1v) is 5.16. The minimum absolute atomic E-state index is 0.0261. The van der Waals surface area contributed by atoms with Gasteiger partial charge in [0.05, 0.1) is 10.4 Å². The van der Waals surface area contributed by atoms with Crippen molar-refractivity contribution in [3.05, 3.63) is 32.9 Å². The first-order chi connectivity index (χ1) is 7.63. The van der Waals surface area contributed by atoms with Crippen molar-refractivity contribution in [1.29, 1.82) is 0 Å². The zero-order valence-electron chi connectivity index (χ0n) is 8.05. The zero-order valence-corrected chi connectivity index (χ0v) is 9.64. The number of non-ortho nitro benzene ring substituents is 1. The number of hydrogen-bond donors (Lipinski definition) is 0. The van der Waals surface area contributed by atoms with E-state index in [1.54, 1.807) is 10.7 Å². The second kappa shape index (κ2) is 3.94. The van der Waals surface area contributed by atoms with Crippen LogP contribution in [0.5, 0.6) is 0 Å². The summed E-state index contributed by atoms with van der Waals surface area (Å²) in [6.45, 7) is 0.281. The van der Waals surface area contributed by atoms with Gasteiger partial charge in [0.15, 0.2) is 0 Å². The zero-order chi connectivity index (χ0) is 11.7. The summed E-state index contributed by atoms with van der Waals surface area (Å²) in [4.78, 5) is 10.2. The summed E-state index contributed by atoms with van der Waals surface area (Å²) in [5.74, 6) is 2.45. The molecule has 2 rings (SSSR count). The second-order valence-electron chi connectivity index (χ2n) is 3.11. The van der Waals surface area contributed by atoms with Crippen LogP contribution in [-0.2, 0) is 6.54 Å². The van der Waals surface area contributed by atoms with Crippen molar-refractivity contribution in [2.45, 2.75) is 6.54 Å². The highest BCUT2D eigenvalue weighted by molar-refractivity contribution is 9.10. The highest BCUT2D eigenvalue weighted by Gasteiger charge is 2.12. The van der Waals surface area contributed by atoms with Gasteiger partial charge < -0.3 is 0 Å². The van der Waals surface area contributed by atoms with Gasteiger partial charge in [-0.15, -0.1) is 6.42 Å². The molecule has 0 bridgehead atoms. The Bertz CT molecular complexity index is 612. The monoisotopic (exact) mass is 279 g/mol. The Balaban J connectivity index is 2.70. The van der Waals surface area contributed by atoms with E-state index in [1.807, 2.05) is 0 Å². The Morgan fingerprint density at radius 1 is 1.62 bits per heavy atom. The Morgan fingerprint density at radius 2 is 2.38 bits per heavy atom. The van der Waals surface area contributed by atoms with Gasteiger partial charge in [-0.3, -0.25) is 14.8 Å². The van der Waals surface area contributed by atoms with Crippen LogP contribution < -0.4 is 0 Å². The van der Waals surface area contributed by atoms with Crippen LogP contribution in [0.1, 0.15) is 0 Å². The Labute approximate surface area is 99.3 Å².